The number of likely N-dealkylation sites (tertiary alicyclic amines) is 1. The lowest BCUT2D eigenvalue weighted by atomic mass is 9.79. The molecule has 24 heavy (non-hydrogen) atoms. The Hall–Kier alpha value is -1.75. The summed E-state index contributed by atoms with van der Waals surface area (Å²) in [6.07, 6.45) is 7.99. The Kier molecular flexibility index (Phi) is 4.60. The first-order chi connectivity index (χ1) is 11.8. The number of fused-ring (bicyclic) bond motifs is 2. The van der Waals surface area contributed by atoms with E-state index in [0.717, 1.165) is 23.9 Å². The monoisotopic (exact) mass is 330 g/mol. The zero-order chi connectivity index (χ0) is 16.4. The second-order valence-corrected chi connectivity index (χ2v) is 7.16. The molecule has 5 nitrogen and oxygen atoms in total. The molecule has 3 aliphatic rings. The molecule has 1 saturated heterocycles. The fraction of sp³-hybridized carbons (Fsp3) is 0.632. The number of hydrogen-bond donors (Lipinski definition) is 1. The van der Waals surface area contributed by atoms with Crippen LogP contribution in [0.5, 0.6) is 11.5 Å². The van der Waals surface area contributed by atoms with Crippen molar-refractivity contribution in [1.29, 1.82) is 0 Å². The summed E-state index contributed by atoms with van der Waals surface area (Å²) < 4.78 is 11.1. The van der Waals surface area contributed by atoms with Gasteiger partial charge in [-0.15, -0.1) is 0 Å². The number of amides is 1. The molecule has 2 fully saturated rings. The summed E-state index contributed by atoms with van der Waals surface area (Å²) >= 11 is 0. The highest BCUT2D eigenvalue weighted by Gasteiger charge is 2.38. The number of nitrogens with zero attached hydrogens (tertiary/aromatic N) is 1. The van der Waals surface area contributed by atoms with Crippen molar-refractivity contribution in [3.05, 3.63) is 18.2 Å². The van der Waals surface area contributed by atoms with Crippen LogP contribution in [0.1, 0.15) is 38.5 Å². The molecule has 0 unspecified atom stereocenters. The first kappa shape index (κ1) is 15.8. The zero-order valence-electron chi connectivity index (χ0n) is 14.1. The predicted molar refractivity (Wildman–Crippen MR) is 92.6 cm³/mol. The van der Waals surface area contributed by atoms with E-state index >= 15 is 0 Å². The Morgan fingerprint density at radius 2 is 1.88 bits per heavy atom. The molecule has 0 spiro atoms. The Balaban J connectivity index is 1.32. The summed E-state index contributed by atoms with van der Waals surface area (Å²) in [5.74, 6) is 2.34. The molecule has 5 heteroatoms. The van der Waals surface area contributed by atoms with Crippen molar-refractivity contribution < 1.29 is 14.3 Å². The van der Waals surface area contributed by atoms with Gasteiger partial charge in [0.2, 0.25) is 5.91 Å². The molecule has 0 bridgehead atoms. The van der Waals surface area contributed by atoms with E-state index in [0.29, 0.717) is 31.5 Å². The van der Waals surface area contributed by atoms with Gasteiger partial charge in [-0.3, -0.25) is 9.69 Å². The highest BCUT2D eigenvalue weighted by Crippen LogP contribution is 2.35. The Morgan fingerprint density at radius 3 is 2.75 bits per heavy atom. The van der Waals surface area contributed by atoms with Gasteiger partial charge >= 0.3 is 0 Å². The molecule has 1 amide bonds. The summed E-state index contributed by atoms with van der Waals surface area (Å²) in [5, 5.41) is 3.00. The molecule has 2 atom stereocenters. The van der Waals surface area contributed by atoms with Crippen LogP contribution < -0.4 is 14.8 Å². The molecule has 0 radical (unpaired) electrons. The van der Waals surface area contributed by atoms with Crippen LogP contribution in [0.25, 0.3) is 0 Å². The summed E-state index contributed by atoms with van der Waals surface area (Å²) in [6, 6.07) is 6.20. The first-order valence-electron chi connectivity index (χ1n) is 9.23. The van der Waals surface area contributed by atoms with Gasteiger partial charge in [-0.05, 0) is 30.9 Å². The van der Waals surface area contributed by atoms with E-state index in [2.05, 4.69) is 10.2 Å². The van der Waals surface area contributed by atoms with Gasteiger partial charge in [0.05, 0.1) is 6.54 Å². The van der Waals surface area contributed by atoms with E-state index in [1.165, 1.54) is 38.5 Å². The Labute approximate surface area is 143 Å². The standard InChI is InChI=1S/C19H26N2O3/c22-19(13-21-12-14-5-3-1-2-4-6-16(14)21)20-15-7-8-17-18(11-15)24-10-9-23-17/h7-8,11,14,16H,1-6,9-10,12-13H2,(H,20,22)/t14-,16-/m1/s1. The number of hydrogen-bond acceptors (Lipinski definition) is 4. The number of ether oxygens (including phenoxy) is 2. The summed E-state index contributed by atoms with van der Waals surface area (Å²) in [5.41, 5.74) is 0.777. The van der Waals surface area contributed by atoms with E-state index in [-0.39, 0.29) is 5.91 Å². The summed E-state index contributed by atoms with van der Waals surface area (Å²) in [6.45, 7) is 2.71. The van der Waals surface area contributed by atoms with Gasteiger partial charge in [0.25, 0.3) is 0 Å². The predicted octanol–water partition coefficient (Wildman–Crippen LogP) is 3.05. The third kappa shape index (κ3) is 3.36. The van der Waals surface area contributed by atoms with E-state index < -0.39 is 0 Å². The van der Waals surface area contributed by atoms with Crippen LogP contribution in [-0.2, 0) is 4.79 Å². The number of anilines is 1. The molecule has 1 saturated carbocycles. The third-order valence-electron chi connectivity index (χ3n) is 5.48. The minimum Gasteiger partial charge on any atom is -0.486 e. The normalized spacial score (nSPS) is 26.5. The van der Waals surface area contributed by atoms with Crippen molar-refractivity contribution in [3.8, 4) is 11.5 Å². The highest BCUT2D eigenvalue weighted by atomic mass is 16.6. The molecule has 130 valence electrons. The van der Waals surface area contributed by atoms with Crippen molar-refractivity contribution >= 4 is 11.6 Å². The van der Waals surface area contributed by atoms with Gasteiger partial charge in [0, 0.05) is 24.3 Å². The van der Waals surface area contributed by atoms with Crippen LogP contribution in [0.3, 0.4) is 0 Å². The molecular formula is C19H26N2O3. The van der Waals surface area contributed by atoms with Crippen molar-refractivity contribution in [1.82, 2.24) is 4.90 Å². The van der Waals surface area contributed by atoms with Crippen LogP contribution in [-0.4, -0.2) is 43.2 Å². The van der Waals surface area contributed by atoms with Crippen LogP contribution in [0.4, 0.5) is 5.69 Å². The smallest absolute Gasteiger partial charge is 0.238 e. The lowest BCUT2D eigenvalue weighted by molar-refractivity contribution is -0.121. The average Bonchev–Trinajstić information content (AvgIpc) is 2.57. The third-order valence-corrected chi connectivity index (χ3v) is 5.48. The van der Waals surface area contributed by atoms with E-state index in [9.17, 15) is 4.79 Å². The molecule has 1 aliphatic carbocycles. The van der Waals surface area contributed by atoms with Crippen molar-refractivity contribution in [3.63, 3.8) is 0 Å². The molecular weight excluding hydrogens is 304 g/mol. The topological polar surface area (TPSA) is 50.8 Å². The van der Waals surface area contributed by atoms with Gasteiger partial charge in [0.15, 0.2) is 11.5 Å². The van der Waals surface area contributed by atoms with E-state index in [1.807, 2.05) is 18.2 Å². The zero-order valence-corrected chi connectivity index (χ0v) is 14.1. The number of nitrogens with one attached hydrogen (secondary N) is 1. The summed E-state index contributed by atoms with van der Waals surface area (Å²) in [7, 11) is 0. The second-order valence-electron chi connectivity index (χ2n) is 7.16. The van der Waals surface area contributed by atoms with Gasteiger partial charge in [-0.1, -0.05) is 25.7 Å². The van der Waals surface area contributed by atoms with Crippen molar-refractivity contribution in [2.24, 2.45) is 5.92 Å². The van der Waals surface area contributed by atoms with Crippen LogP contribution in [0, 0.1) is 5.92 Å². The molecule has 1 N–H and O–H groups in total. The van der Waals surface area contributed by atoms with Gasteiger partial charge in [-0.2, -0.15) is 0 Å². The van der Waals surface area contributed by atoms with Crippen LogP contribution in [0.2, 0.25) is 0 Å². The van der Waals surface area contributed by atoms with Crippen molar-refractivity contribution in [2.45, 2.75) is 44.6 Å². The minimum absolute atomic E-state index is 0.0622. The minimum atomic E-state index is 0.0622. The van der Waals surface area contributed by atoms with Crippen molar-refractivity contribution in [2.75, 3.05) is 31.6 Å². The van der Waals surface area contributed by atoms with Crippen LogP contribution in [0.15, 0.2) is 18.2 Å². The molecule has 2 aliphatic heterocycles. The Bertz CT molecular complexity index is 604. The van der Waals surface area contributed by atoms with Gasteiger partial charge in [-0.25, -0.2) is 0 Å². The first-order valence-corrected chi connectivity index (χ1v) is 9.23. The molecule has 2 heterocycles. The largest absolute Gasteiger partial charge is 0.486 e. The highest BCUT2D eigenvalue weighted by molar-refractivity contribution is 5.92. The van der Waals surface area contributed by atoms with Crippen LogP contribution >= 0.6 is 0 Å². The van der Waals surface area contributed by atoms with E-state index in [1.54, 1.807) is 0 Å². The Morgan fingerprint density at radius 1 is 1.08 bits per heavy atom. The maximum atomic E-state index is 12.4. The van der Waals surface area contributed by atoms with E-state index in [4.69, 9.17) is 9.47 Å². The number of benzene rings is 1. The number of carbonyl (C=O) groups is 1. The molecule has 4 rings (SSSR count). The quantitative estimate of drug-likeness (QED) is 0.925. The fourth-order valence-corrected chi connectivity index (χ4v) is 4.22. The second kappa shape index (κ2) is 7.01. The fourth-order valence-electron chi connectivity index (χ4n) is 4.22. The van der Waals surface area contributed by atoms with Gasteiger partial charge < -0.3 is 14.8 Å². The maximum Gasteiger partial charge on any atom is 0.238 e. The van der Waals surface area contributed by atoms with Gasteiger partial charge in [0.1, 0.15) is 13.2 Å². The number of rotatable bonds is 3. The summed E-state index contributed by atoms with van der Waals surface area (Å²) in [4.78, 5) is 14.7. The maximum absolute atomic E-state index is 12.4. The average molecular weight is 330 g/mol. The lowest BCUT2D eigenvalue weighted by Crippen LogP contribution is -2.58. The lowest BCUT2D eigenvalue weighted by Gasteiger charge is -2.49. The molecule has 1 aromatic carbocycles. The SMILES string of the molecule is O=C(CN1C[C@H]2CCCCCC[C@H]21)Nc1ccc2c(c1)OCCO2. The molecule has 0 aromatic heterocycles. The molecule has 1 aromatic rings. The number of carbonyl (C=O) groups excluding carboxylic acids is 1.